The van der Waals surface area contributed by atoms with E-state index in [0.29, 0.717) is 29.8 Å². The molecule has 0 unspecified atom stereocenters. The number of aromatic carboxylic acids is 1. The van der Waals surface area contributed by atoms with E-state index in [1.54, 1.807) is 0 Å². The molecule has 1 N–H and O–H groups in total. The molecule has 0 fully saturated rings. The number of ether oxygens (including phenoxy) is 1. The molecule has 3 aromatic rings. The molecule has 0 atom stereocenters. The number of halogens is 3. The summed E-state index contributed by atoms with van der Waals surface area (Å²) in [5.74, 6) is -3.34. The maximum absolute atomic E-state index is 14.1. The number of carboxylic acids is 1. The van der Waals surface area contributed by atoms with Gasteiger partial charge in [-0.05, 0) is 54.7 Å². The minimum absolute atomic E-state index is 0.0379. The van der Waals surface area contributed by atoms with Gasteiger partial charge in [-0.15, -0.1) is 0 Å². The number of hydrogen-bond acceptors (Lipinski definition) is 4. The van der Waals surface area contributed by atoms with E-state index < -0.39 is 23.4 Å². The minimum Gasteiger partial charge on any atom is -0.488 e. The van der Waals surface area contributed by atoms with Gasteiger partial charge >= 0.3 is 5.97 Å². The van der Waals surface area contributed by atoms with Gasteiger partial charge in [0.2, 0.25) is 0 Å². The standard InChI is InChI=1S/C23H17F3N2O3/c24-14-7-8-21(31-12-13-3-1-6-18(25)22(13)26)17(9-14)15-4-2-5-16(15)19-10-27-11-20(28-19)23(29)30/h1,3,6-11H,2,4-5,12H2,(H,29,30). The van der Waals surface area contributed by atoms with E-state index >= 15 is 0 Å². The Morgan fingerprint density at radius 3 is 2.68 bits per heavy atom. The molecular formula is C23H17F3N2O3. The SMILES string of the molecule is O=C(O)c1cncc(C2=C(c3cc(F)ccc3OCc3cccc(F)c3F)CCC2)n1. The summed E-state index contributed by atoms with van der Waals surface area (Å²) in [7, 11) is 0. The van der Waals surface area contributed by atoms with Crippen molar-refractivity contribution in [3.05, 3.63) is 88.8 Å². The molecule has 1 aliphatic rings. The Morgan fingerprint density at radius 1 is 1.06 bits per heavy atom. The third-order valence-electron chi connectivity index (χ3n) is 5.06. The lowest BCUT2D eigenvalue weighted by Gasteiger charge is -2.15. The molecule has 8 heteroatoms. The van der Waals surface area contributed by atoms with E-state index in [9.17, 15) is 23.1 Å². The molecule has 0 bridgehead atoms. The second-order valence-electron chi connectivity index (χ2n) is 7.05. The number of carboxylic acid groups (broad SMARTS) is 1. The largest absolute Gasteiger partial charge is 0.488 e. The van der Waals surface area contributed by atoms with Crippen LogP contribution in [0.2, 0.25) is 0 Å². The van der Waals surface area contributed by atoms with Gasteiger partial charge < -0.3 is 9.84 Å². The predicted molar refractivity (Wildman–Crippen MR) is 107 cm³/mol. The molecule has 0 saturated carbocycles. The van der Waals surface area contributed by atoms with Crippen LogP contribution in [0.3, 0.4) is 0 Å². The molecule has 0 amide bonds. The first-order valence-corrected chi connectivity index (χ1v) is 9.57. The molecule has 0 spiro atoms. The molecule has 0 aliphatic heterocycles. The van der Waals surface area contributed by atoms with Crippen LogP contribution in [0.1, 0.15) is 46.6 Å². The number of nitrogens with zero attached hydrogens (tertiary/aromatic N) is 2. The number of allylic oxidation sites excluding steroid dienone is 2. The van der Waals surface area contributed by atoms with Gasteiger partial charge in [-0.2, -0.15) is 0 Å². The first-order valence-electron chi connectivity index (χ1n) is 9.57. The van der Waals surface area contributed by atoms with Crippen molar-refractivity contribution in [2.75, 3.05) is 0 Å². The topological polar surface area (TPSA) is 72.3 Å². The van der Waals surface area contributed by atoms with Crippen LogP contribution in [0.4, 0.5) is 13.2 Å². The smallest absolute Gasteiger partial charge is 0.356 e. The summed E-state index contributed by atoms with van der Waals surface area (Å²) in [5, 5.41) is 9.19. The summed E-state index contributed by atoms with van der Waals surface area (Å²) in [6.45, 7) is -0.237. The van der Waals surface area contributed by atoms with Crippen molar-refractivity contribution in [3.8, 4) is 5.75 Å². The van der Waals surface area contributed by atoms with Crippen LogP contribution in [0.5, 0.6) is 5.75 Å². The third-order valence-corrected chi connectivity index (χ3v) is 5.06. The average Bonchev–Trinajstić information content (AvgIpc) is 3.25. The summed E-state index contributed by atoms with van der Waals surface area (Å²) in [6.07, 6.45) is 4.60. The highest BCUT2D eigenvalue weighted by molar-refractivity contribution is 5.94. The van der Waals surface area contributed by atoms with E-state index in [-0.39, 0.29) is 17.9 Å². The van der Waals surface area contributed by atoms with Crippen LogP contribution in [-0.2, 0) is 6.61 Å². The Bertz CT molecular complexity index is 1190. The molecule has 31 heavy (non-hydrogen) atoms. The van der Waals surface area contributed by atoms with E-state index in [1.165, 1.54) is 36.5 Å². The maximum Gasteiger partial charge on any atom is 0.356 e. The van der Waals surface area contributed by atoms with Gasteiger partial charge in [0.05, 0.1) is 18.1 Å². The third kappa shape index (κ3) is 4.28. The van der Waals surface area contributed by atoms with Crippen molar-refractivity contribution in [1.82, 2.24) is 9.97 Å². The molecule has 5 nitrogen and oxygen atoms in total. The van der Waals surface area contributed by atoms with Gasteiger partial charge in [-0.1, -0.05) is 12.1 Å². The molecule has 4 rings (SSSR count). The number of carbonyl (C=O) groups is 1. The molecule has 1 aliphatic carbocycles. The molecule has 158 valence electrons. The summed E-state index contributed by atoms with van der Waals surface area (Å²) < 4.78 is 47.3. The van der Waals surface area contributed by atoms with E-state index in [2.05, 4.69) is 9.97 Å². The first kappa shape index (κ1) is 20.6. The van der Waals surface area contributed by atoms with Crippen molar-refractivity contribution < 1.29 is 27.8 Å². The zero-order chi connectivity index (χ0) is 22.0. The maximum atomic E-state index is 14.1. The Hall–Kier alpha value is -3.68. The summed E-state index contributed by atoms with van der Waals surface area (Å²) in [6, 6.07) is 7.78. The molecule has 1 aromatic heterocycles. The highest BCUT2D eigenvalue weighted by Gasteiger charge is 2.23. The molecule has 2 aromatic carbocycles. The van der Waals surface area contributed by atoms with E-state index in [4.69, 9.17) is 4.74 Å². The lowest BCUT2D eigenvalue weighted by Crippen LogP contribution is -2.04. The van der Waals surface area contributed by atoms with Crippen LogP contribution in [-0.4, -0.2) is 21.0 Å². The number of benzene rings is 2. The number of rotatable bonds is 6. The lowest BCUT2D eigenvalue weighted by atomic mass is 9.99. The van der Waals surface area contributed by atoms with Gasteiger partial charge in [0, 0.05) is 11.1 Å². The van der Waals surface area contributed by atoms with Crippen molar-refractivity contribution in [2.45, 2.75) is 25.9 Å². The normalized spacial score (nSPS) is 13.5. The van der Waals surface area contributed by atoms with E-state index in [1.807, 2.05) is 0 Å². The van der Waals surface area contributed by atoms with Crippen LogP contribution in [0.15, 0.2) is 48.8 Å². The Morgan fingerprint density at radius 2 is 1.87 bits per heavy atom. The zero-order valence-electron chi connectivity index (χ0n) is 16.2. The van der Waals surface area contributed by atoms with Crippen molar-refractivity contribution in [2.24, 2.45) is 0 Å². The Balaban J connectivity index is 1.72. The fourth-order valence-electron chi connectivity index (χ4n) is 3.62. The second-order valence-corrected chi connectivity index (χ2v) is 7.05. The highest BCUT2D eigenvalue weighted by Crippen LogP contribution is 2.42. The van der Waals surface area contributed by atoms with Crippen LogP contribution in [0.25, 0.3) is 11.1 Å². The van der Waals surface area contributed by atoms with Crippen molar-refractivity contribution in [3.63, 3.8) is 0 Å². The molecular weight excluding hydrogens is 409 g/mol. The van der Waals surface area contributed by atoms with Gasteiger partial charge in [-0.25, -0.2) is 22.9 Å². The predicted octanol–water partition coefficient (Wildman–Crippen LogP) is 5.27. The second kappa shape index (κ2) is 8.59. The van der Waals surface area contributed by atoms with Gasteiger partial charge in [0.15, 0.2) is 17.3 Å². The minimum atomic E-state index is -1.19. The van der Waals surface area contributed by atoms with Crippen LogP contribution >= 0.6 is 0 Å². The monoisotopic (exact) mass is 426 g/mol. The molecule has 1 heterocycles. The van der Waals surface area contributed by atoms with Crippen molar-refractivity contribution >= 4 is 17.1 Å². The highest BCUT2D eigenvalue weighted by atomic mass is 19.2. The Labute approximate surface area is 175 Å². The van der Waals surface area contributed by atoms with Gasteiger partial charge in [0.25, 0.3) is 0 Å². The zero-order valence-corrected chi connectivity index (χ0v) is 16.2. The van der Waals surface area contributed by atoms with Gasteiger partial charge in [-0.3, -0.25) is 4.98 Å². The lowest BCUT2D eigenvalue weighted by molar-refractivity contribution is 0.0690. The first-order chi connectivity index (χ1) is 14.9. The number of aromatic nitrogens is 2. The summed E-state index contributed by atoms with van der Waals surface area (Å²) in [5.41, 5.74) is 2.23. The summed E-state index contributed by atoms with van der Waals surface area (Å²) in [4.78, 5) is 19.3. The van der Waals surface area contributed by atoms with Crippen LogP contribution < -0.4 is 4.74 Å². The number of hydrogen-bond donors (Lipinski definition) is 1. The molecule has 0 saturated heterocycles. The fraction of sp³-hybridized carbons (Fsp3) is 0.174. The van der Waals surface area contributed by atoms with E-state index in [0.717, 1.165) is 29.8 Å². The van der Waals surface area contributed by atoms with Crippen LogP contribution in [0, 0.1) is 17.5 Å². The Kier molecular flexibility index (Phi) is 5.70. The van der Waals surface area contributed by atoms with Crippen molar-refractivity contribution in [1.29, 1.82) is 0 Å². The average molecular weight is 426 g/mol. The fourth-order valence-corrected chi connectivity index (χ4v) is 3.62. The van der Waals surface area contributed by atoms with Gasteiger partial charge in [0.1, 0.15) is 18.2 Å². The molecule has 0 radical (unpaired) electrons. The summed E-state index contributed by atoms with van der Waals surface area (Å²) >= 11 is 0. The quantitative estimate of drug-likeness (QED) is 0.582.